The van der Waals surface area contributed by atoms with Crippen LogP contribution in [0.25, 0.3) is 0 Å². The number of nitrogens with zero attached hydrogens (tertiary/aromatic N) is 1. The van der Waals surface area contributed by atoms with Gasteiger partial charge in [0.15, 0.2) is 5.03 Å². The molecular formula is C12H18N2O3S. The van der Waals surface area contributed by atoms with Gasteiger partial charge in [-0.2, -0.15) is 8.42 Å². The van der Waals surface area contributed by atoms with Crippen LogP contribution < -0.4 is 5.32 Å². The summed E-state index contributed by atoms with van der Waals surface area (Å²) in [6, 6.07) is 3.32. The molecule has 0 saturated heterocycles. The quantitative estimate of drug-likeness (QED) is 0.829. The van der Waals surface area contributed by atoms with Crippen LogP contribution in [0.1, 0.15) is 25.1 Å². The van der Waals surface area contributed by atoms with Crippen LogP contribution >= 0.6 is 0 Å². The summed E-state index contributed by atoms with van der Waals surface area (Å²) in [5, 5.41) is 3.24. The molecule has 1 aromatic rings. The molecular weight excluding hydrogens is 252 g/mol. The molecule has 1 aliphatic rings. The lowest BCUT2D eigenvalue weighted by Gasteiger charge is -2.16. The smallest absolute Gasteiger partial charge is 0.312 e. The van der Waals surface area contributed by atoms with Gasteiger partial charge in [0.1, 0.15) is 0 Å². The minimum atomic E-state index is -3.72. The number of hydrogen-bond acceptors (Lipinski definition) is 5. The summed E-state index contributed by atoms with van der Waals surface area (Å²) in [7, 11) is -3.72. The van der Waals surface area contributed by atoms with E-state index in [1.165, 1.54) is 6.07 Å². The van der Waals surface area contributed by atoms with Crippen LogP contribution in [0.3, 0.4) is 0 Å². The SMILES string of the molecule is CC(C)COS(=O)(=O)c1ccc2c(n1)CCNC2. The summed E-state index contributed by atoms with van der Waals surface area (Å²) in [4.78, 5) is 4.21. The van der Waals surface area contributed by atoms with Crippen molar-refractivity contribution in [2.45, 2.75) is 31.8 Å². The van der Waals surface area contributed by atoms with Crippen LogP contribution in [0.2, 0.25) is 0 Å². The summed E-state index contributed by atoms with van der Waals surface area (Å²) in [6.45, 7) is 5.57. The van der Waals surface area contributed by atoms with E-state index in [2.05, 4.69) is 10.3 Å². The molecule has 1 aromatic heterocycles. The van der Waals surface area contributed by atoms with Gasteiger partial charge in [-0.1, -0.05) is 19.9 Å². The lowest BCUT2D eigenvalue weighted by Crippen LogP contribution is -2.25. The molecule has 2 rings (SSSR count). The average molecular weight is 270 g/mol. The maximum absolute atomic E-state index is 11.9. The highest BCUT2D eigenvalue weighted by Gasteiger charge is 2.20. The molecule has 0 bridgehead atoms. The number of hydrogen-bond donors (Lipinski definition) is 1. The second kappa shape index (κ2) is 5.34. The Bertz CT molecular complexity index is 526. The number of fused-ring (bicyclic) bond motifs is 1. The third kappa shape index (κ3) is 3.07. The van der Waals surface area contributed by atoms with Crippen LogP contribution in [-0.4, -0.2) is 26.6 Å². The molecule has 100 valence electrons. The minimum Gasteiger partial charge on any atom is -0.312 e. The monoisotopic (exact) mass is 270 g/mol. The Morgan fingerprint density at radius 1 is 1.44 bits per heavy atom. The molecule has 0 amide bonds. The number of rotatable bonds is 4. The molecule has 18 heavy (non-hydrogen) atoms. The molecule has 0 saturated carbocycles. The molecule has 0 unspecified atom stereocenters. The Kier molecular flexibility index (Phi) is 3.99. The van der Waals surface area contributed by atoms with Crippen molar-refractivity contribution in [1.82, 2.24) is 10.3 Å². The van der Waals surface area contributed by atoms with E-state index in [4.69, 9.17) is 4.18 Å². The predicted octanol–water partition coefficient (Wildman–Crippen LogP) is 1.09. The maximum Gasteiger partial charge on any atom is 0.314 e. The first-order chi connectivity index (χ1) is 8.49. The summed E-state index contributed by atoms with van der Waals surface area (Å²) < 4.78 is 28.8. The number of aromatic nitrogens is 1. The average Bonchev–Trinajstić information content (AvgIpc) is 2.36. The van der Waals surface area contributed by atoms with E-state index in [-0.39, 0.29) is 17.6 Å². The molecule has 2 heterocycles. The summed E-state index contributed by atoms with van der Waals surface area (Å²) in [5.41, 5.74) is 1.91. The highest BCUT2D eigenvalue weighted by Crippen LogP contribution is 2.17. The summed E-state index contributed by atoms with van der Waals surface area (Å²) >= 11 is 0. The Morgan fingerprint density at radius 2 is 2.22 bits per heavy atom. The number of nitrogens with one attached hydrogen (secondary N) is 1. The molecule has 1 aliphatic heterocycles. The third-order valence-corrected chi connectivity index (χ3v) is 3.90. The van der Waals surface area contributed by atoms with E-state index in [1.54, 1.807) is 6.07 Å². The zero-order valence-electron chi connectivity index (χ0n) is 10.6. The van der Waals surface area contributed by atoms with Gasteiger partial charge < -0.3 is 5.32 Å². The van der Waals surface area contributed by atoms with Gasteiger partial charge >= 0.3 is 10.1 Å². The molecule has 0 aliphatic carbocycles. The fourth-order valence-corrected chi connectivity index (χ4v) is 2.77. The first-order valence-corrected chi connectivity index (χ1v) is 7.49. The standard InChI is InChI=1S/C12H18N2O3S/c1-9(2)8-17-18(15,16)12-4-3-10-7-13-6-5-11(10)14-12/h3-4,9,13H,5-8H2,1-2H3. The van der Waals surface area contributed by atoms with Crippen molar-refractivity contribution < 1.29 is 12.6 Å². The zero-order valence-corrected chi connectivity index (χ0v) is 11.5. The van der Waals surface area contributed by atoms with Crippen molar-refractivity contribution in [3.05, 3.63) is 23.4 Å². The molecule has 6 heteroatoms. The van der Waals surface area contributed by atoms with Gasteiger partial charge in [-0.3, -0.25) is 4.18 Å². The second-order valence-electron chi connectivity index (χ2n) is 4.81. The zero-order chi connectivity index (χ0) is 13.2. The van der Waals surface area contributed by atoms with Crippen molar-refractivity contribution in [3.63, 3.8) is 0 Å². The molecule has 0 aromatic carbocycles. The highest BCUT2D eigenvalue weighted by atomic mass is 32.2. The lowest BCUT2D eigenvalue weighted by atomic mass is 10.1. The van der Waals surface area contributed by atoms with Gasteiger partial charge in [0, 0.05) is 25.2 Å². The maximum atomic E-state index is 11.9. The Labute approximate surface area is 108 Å². The van der Waals surface area contributed by atoms with E-state index < -0.39 is 10.1 Å². The third-order valence-electron chi connectivity index (χ3n) is 2.71. The largest absolute Gasteiger partial charge is 0.314 e. The highest BCUT2D eigenvalue weighted by molar-refractivity contribution is 7.86. The van der Waals surface area contributed by atoms with Crippen LogP contribution in [0.15, 0.2) is 17.2 Å². The fraction of sp³-hybridized carbons (Fsp3) is 0.583. The minimum absolute atomic E-state index is 0.0174. The fourth-order valence-electron chi connectivity index (χ4n) is 1.74. The second-order valence-corrected chi connectivity index (χ2v) is 6.38. The van der Waals surface area contributed by atoms with Crippen molar-refractivity contribution in [2.24, 2.45) is 5.92 Å². The van der Waals surface area contributed by atoms with E-state index >= 15 is 0 Å². The molecule has 5 nitrogen and oxygen atoms in total. The van der Waals surface area contributed by atoms with Crippen LogP contribution in [0.5, 0.6) is 0 Å². The van der Waals surface area contributed by atoms with Gasteiger partial charge in [-0.15, -0.1) is 0 Å². The van der Waals surface area contributed by atoms with E-state index in [0.29, 0.717) is 0 Å². The van der Waals surface area contributed by atoms with Crippen LogP contribution in [0.4, 0.5) is 0 Å². The van der Waals surface area contributed by atoms with Gasteiger partial charge in [-0.25, -0.2) is 4.98 Å². The van der Waals surface area contributed by atoms with Crippen molar-refractivity contribution in [2.75, 3.05) is 13.2 Å². The lowest BCUT2D eigenvalue weighted by molar-refractivity contribution is 0.274. The van der Waals surface area contributed by atoms with Crippen molar-refractivity contribution in [3.8, 4) is 0 Å². The topological polar surface area (TPSA) is 68.3 Å². The molecule has 0 atom stereocenters. The predicted molar refractivity (Wildman–Crippen MR) is 67.6 cm³/mol. The summed E-state index contributed by atoms with van der Waals surface area (Å²) in [5.74, 6) is 0.168. The first kappa shape index (κ1) is 13.5. The van der Waals surface area contributed by atoms with Gasteiger partial charge in [0.05, 0.1) is 6.61 Å². The number of pyridine rings is 1. The van der Waals surface area contributed by atoms with E-state index in [0.717, 1.165) is 30.8 Å². The first-order valence-electron chi connectivity index (χ1n) is 6.08. The van der Waals surface area contributed by atoms with Gasteiger partial charge in [0.25, 0.3) is 0 Å². The molecule has 0 fully saturated rings. The Morgan fingerprint density at radius 3 is 2.94 bits per heavy atom. The van der Waals surface area contributed by atoms with Gasteiger partial charge in [-0.05, 0) is 17.5 Å². The molecule has 0 spiro atoms. The van der Waals surface area contributed by atoms with Crippen LogP contribution in [-0.2, 0) is 27.3 Å². The molecule has 1 N–H and O–H groups in total. The van der Waals surface area contributed by atoms with Crippen molar-refractivity contribution in [1.29, 1.82) is 0 Å². The van der Waals surface area contributed by atoms with Gasteiger partial charge in [0.2, 0.25) is 0 Å². The van der Waals surface area contributed by atoms with E-state index in [1.807, 2.05) is 13.8 Å². The summed E-state index contributed by atoms with van der Waals surface area (Å²) in [6.07, 6.45) is 0.753. The normalized spacial score (nSPS) is 15.7. The molecule has 0 radical (unpaired) electrons. The van der Waals surface area contributed by atoms with Crippen LogP contribution in [0, 0.1) is 5.92 Å². The Hall–Kier alpha value is -0.980. The Balaban J connectivity index is 2.22. The van der Waals surface area contributed by atoms with Crippen molar-refractivity contribution >= 4 is 10.1 Å². The van der Waals surface area contributed by atoms with E-state index in [9.17, 15) is 8.42 Å².